The van der Waals surface area contributed by atoms with Gasteiger partial charge >= 0.3 is 284 Å². The first-order chi connectivity index (χ1) is 22.6. The molecular weight excluding hydrogens is 735 g/mol. The van der Waals surface area contributed by atoms with E-state index in [1.54, 1.807) is 22.3 Å². The summed E-state index contributed by atoms with van der Waals surface area (Å²) in [6.07, 6.45) is 7.56. The van der Waals surface area contributed by atoms with Gasteiger partial charge in [0.2, 0.25) is 0 Å². The summed E-state index contributed by atoms with van der Waals surface area (Å²) in [6, 6.07) is 45.9. The monoisotopic (exact) mass is 777 g/mol. The van der Waals surface area contributed by atoms with Crippen LogP contribution in [0.2, 0.25) is 13.1 Å². The van der Waals surface area contributed by atoms with Gasteiger partial charge in [0.25, 0.3) is 0 Å². The van der Waals surface area contributed by atoms with Gasteiger partial charge in [0.15, 0.2) is 0 Å². The molecule has 0 fully saturated rings. The fourth-order valence-corrected chi connectivity index (χ4v) is 41.4. The number of rotatable bonds is 7. The zero-order chi connectivity index (χ0) is 31.4. The van der Waals surface area contributed by atoms with E-state index in [-0.39, 0.29) is 0 Å². The van der Waals surface area contributed by atoms with E-state index in [4.69, 9.17) is 0 Å². The molecule has 0 N–H and O–H groups in total. The van der Waals surface area contributed by atoms with Gasteiger partial charge in [0, 0.05) is 0 Å². The molecule has 2 unspecified atom stereocenters. The van der Waals surface area contributed by atoms with Crippen LogP contribution in [0.5, 0.6) is 0 Å². The van der Waals surface area contributed by atoms with E-state index >= 15 is 0 Å². The Kier molecular flexibility index (Phi) is 7.91. The fraction of sp³-hybridized carbons (Fsp3) is 0.182. The summed E-state index contributed by atoms with van der Waals surface area (Å²) in [6.45, 7) is 10.2. The van der Waals surface area contributed by atoms with Crippen molar-refractivity contribution in [3.63, 3.8) is 0 Å². The van der Waals surface area contributed by atoms with E-state index in [0.29, 0.717) is 7.35 Å². The summed E-state index contributed by atoms with van der Waals surface area (Å²) in [5.41, 5.74) is 15.3. The van der Waals surface area contributed by atoms with Crippen molar-refractivity contribution in [2.45, 2.75) is 47.1 Å². The molecule has 2 atom stereocenters. The van der Waals surface area contributed by atoms with Gasteiger partial charge in [-0.15, -0.1) is 0 Å². The predicted octanol–water partition coefficient (Wildman–Crippen LogP) is 12.3. The molecule has 0 nitrogen and oxygen atoms in total. The molecule has 0 amide bonds. The Morgan fingerprint density at radius 3 is 1.30 bits per heavy atom. The summed E-state index contributed by atoms with van der Waals surface area (Å²) in [5.74, 6) is -0.943. The second-order valence-electron chi connectivity index (χ2n) is 13.3. The molecular formula is C44H41HfSi. The number of benzene rings is 6. The van der Waals surface area contributed by atoms with Crippen molar-refractivity contribution in [1.29, 1.82) is 0 Å². The Labute approximate surface area is 282 Å². The van der Waals surface area contributed by atoms with Crippen molar-refractivity contribution in [1.82, 2.24) is 0 Å². The molecule has 0 bridgehead atoms. The average Bonchev–Trinajstić information content (AvgIpc) is 3.66. The molecule has 8 rings (SSSR count). The molecule has 225 valence electrons. The molecule has 0 aromatic heterocycles. The van der Waals surface area contributed by atoms with Crippen LogP contribution >= 0.6 is 0 Å². The van der Waals surface area contributed by atoms with E-state index < -0.39 is 26.6 Å². The zero-order valence-corrected chi connectivity index (χ0v) is 32.1. The van der Waals surface area contributed by atoms with Crippen LogP contribution in [0, 0.1) is 0 Å². The molecule has 2 aliphatic carbocycles. The van der Waals surface area contributed by atoms with Crippen LogP contribution in [-0.4, -0.2) is 5.98 Å². The second kappa shape index (κ2) is 12.2. The average molecular weight is 776 g/mol. The van der Waals surface area contributed by atoms with E-state index in [1.807, 2.05) is 0 Å². The maximum absolute atomic E-state index is 2.70. The Bertz CT molecular complexity index is 2020. The van der Waals surface area contributed by atoms with E-state index in [9.17, 15) is 0 Å². The molecule has 6 aromatic carbocycles. The molecule has 0 radical (unpaired) electrons. The van der Waals surface area contributed by atoms with Crippen molar-refractivity contribution in [3.8, 4) is 22.3 Å². The number of allylic oxidation sites excluding steroid dienone is 2. The summed E-state index contributed by atoms with van der Waals surface area (Å²) in [7, 11) is 0. The van der Waals surface area contributed by atoms with Crippen molar-refractivity contribution < 1.29 is 20.6 Å². The third-order valence-corrected chi connectivity index (χ3v) is 41.5. The van der Waals surface area contributed by atoms with Gasteiger partial charge in [0.05, 0.1) is 0 Å². The Morgan fingerprint density at radius 1 is 0.478 bits per heavy atom. The van der Waals surface area contributed by atoms with Gasteiger partial charge in [0.1, 0.15) is 0 Å². The third-order valence-electron chi connectivity index (χ3n) is 10.6. The first-order valence-corrected chi connectivity index (χ1v) is 30.3. The summed E-state index contributed by atoms with van der Waals surface area (Å²) < 4.78 is 1.33. The van der Waals surface area contributed by atoms with Crippen LogP contribution in [0.15, 0.2) is 132 Å². The summed E-state index contributed by atoms with van der Waals surface area (Å²) >= 11 is -2.41. The van der Waals surface area contributed by atoms with Crippen LogP contribution in [0.25, 0.3) is 56.0 Å². The minimum absolute atomic E-state index is 0.665. The molecule has 0 saturated heterocycles. The summed E-state index contributed by atoms with van der Waals surface area (Å²) in [4.78, 5) is 0. The number of fused-ring (bicyclic) bond motifs is 4. The van der Waals surface area contributed by atoms with Gasteiger partial charge in [-0.1, -0.05) is 0 Å². The van der Waals surface area contributed by atoms with Crippen LogP contribution in [0.3, 0.4) is 0 Å². The van der Waals surface area contributed by atoms with Crippen LogP contribution in [-0.2, 0) is 20.6 Å². The van der Waals surface area contributed by atoms with Crippen molar-refractivity contribution in [3.05, 3.63) is 155 Å². The van der Waals surface area contributed by atoms with Crippen molar-refractivity contribution in [2.24, 2.45) is 0 Å². The predicted molar refractivity (Wildman–Crippen MR) is 200 cm³/mol. The van der Waals surface area contributed by atoms with Gasteiger partial charge in [-0.2, -0.15) is 0 Å². The first-order valence-electron chi connectivity index (χ1n) is 17.1. The van der Waals surface area contributed by atoms with Crippen molar-refractivity contribution >= 4 is 39.7 Å². The van der Waals surface area contributed by atoms with Crippen LogP contribution < -0.4 is 0 Å². The van der Waals surface area contributed by atoms with Crippen molar-refractivity contribution in [2.75, 3.05) is 0 Å². The van der Waals surface area contributed by atoms with Crippen LogP contribution in [0.1, 0.15) is 56.3 Å². The van der Waals surface area contributed by atoms with Gasteiger partial charge in [-0.05, 0) is 0 Å². The Morgan fingerprint density at radius 2 is 0.870 bits per heavy atom. The zero-order valence-electron chi connectivity index (χ0n) is 27.3. The quantitative estimate of drug-likeness (QED) is 0.142. The summed E-state index contributed by atoms with van der Waals surface area (Å²) in [5, 5.41) is 5.35. The fourth-order valence-electron chi connectivity index (χ4n) is 8.55. The van der Waals surface area contributed by atoms with E-state index in [0.717, 1.165) is 12.8 Å². The molecule has 0 aliphatic heterocycles. The molecule has 0 heterocycles. The Hall–Kier alpha value is -3.59. The topological polar surface area (TPSA) is 0 Å². The molecule has 46 heavy (non-hydrogen) atoms. The van der Waals surface area contributed by atoms with Gasteiger partial charge < -0.3 is 0 Å². The van der Waals surface area contributed by atoms with Crippen LogP contribution in [0.4, 0.5) is 0 Å². The molecule has 0 spiro atoms. The van der Waals surface area contributed by atoms with E-state index in [1.165, 1.54) is 54.9 Å². The van der Waals surface area contributed by atoms with Gasteiger partial charge in [-0.3, -0.25) is 0 Å². The first kappa shape index (κ1) is 29.8. The van der Waals surface area contributed by atoms with E-state index in [2.05, 4.69) is 160 Å². The molecule has 2 aliphatic rings. The van der Waals surface area contributed by atoms with Gasteiger partial charge in [-0.25, -0.2) is 0 Å². The normalized spacial score (nSPS) is 16.9. The third kappa shape index (κ3) is 4.79. The molecule has 6 aromatic rings. The SMILES string of the molecule is CCC1=Cc2c(-c3cccc4ccccc34)cccc2[CH]1[Hf]([CH]1C(CC)=Cc2c(-c3cccc4ccccc34)cccc21)[SiH](C)C. The minimum atomic E-state index is -2.41. The molecule has 2 heteroatoms. The molecule has 0 saturated carbocycles. The standard InChI is InChI=1S/2C21H17.C2H7Si.Hf/c2*1-2-15-13-17-9-6-12-20(21(17)14-15)19-11-5-8-16-7-3-4-10-18(16)19;1-3-2;/h2*3-14H,2H2,1H3;3H,1-2H3;. The maximum atomic E-state index is 2.70. The number of hydrogen-bond donors (Lipinski definition) is 0. The Balaban J connectivity index is 1.28. The second-order valence-corrected chi connectivity index (χ2v) is 41.3. The number of hydrogen-bond acceptors (Lipinski definition) is 0.